The molecule has 30 heavy (non-hydrogen) atoms. The molecule has 2 heterocycles. The number of methoxy groups -OCH3 is 1. The van der Waals surface area contributed by atoms with Crippen molar-refractivity contribution in [2.75, 3.05) is 36.2 Å². The zero-order valence-electron chi connectivity index (χ0n) is 16.7. The van der Waals surface area contributed by atoms with Gasteiger partial charge in [0.1, 0.15) is 5.75 Å². The summed E-state index contributed by atoms with van der Waals surface area (Å²) >= 11 is 1.35. The lowest BCUT2D eigenvalue weighted by Gasteiger charge is -2.27. The highest BCUT2D eigenvalue weighted by atomic mass is 32.2. The van der Waals surface area contributed by atoms with Gasteiger partial charge in [0.2, 0.25) is 11.9 Å². The summed E-state index contributed by atoms with van der Waals surface area (Å²) in [6, 6.07) is 4.51. The van der Waals surface area contributed by atoms with Crippen LogP contribution in [0.15, 0.2) is 23.4 Å². The molecule has 1 saturated heterocycles. The number of thioether (sulfide) groups is 1. The number of nitro benzene ring substituents is 1. The number of non-ortho nitro benzene ring substituents is 1. The van der Waals surface area contributed by atoms with Gasteiger partial charge in [0.15, 0.2) is 5.16 Å². The molecule has 1 amide bonds. The van der Waals surface area contributed by atoms with Crippen molar-refractivity contribution in [1.29, 1.82) is 0 Å². The van der Waals surface area contributed by atoms with Gasteiger partial charge < -0.3 is 15.0 Å². The monoisotopic (exact) mass is 432 g/mol. The van der Waals surface area contributed by atoms with E-state index >= 15 is 0 Å². The number of nitrogens with one attached hydrogen (secondary N) is 1. The van der Waals surface area contributed by atoms with Crippen molar-refractivity contribution in [2.24, 2.45) is 0 Å². The Hall–Kier alpha value is -2.82. The SMILES string of the molecule is COc1cc([N+](=O)[O-])ccc1NC(=O)CSc1nnc(N2CCCCC2)n1C1CC1. The van der Waals surface area contributed by atoms with E-state index in [1.807, 2.05) is 0 Å². The maximum absolute atomic E-state index is 12.5. The van der Waals surface area contributed by atoms with Crippen molar-refractivity contribution in [3.05, 3.63) is 28.3 Å². The van der Waals surface area contributed by atoms with Crippen LogP contribution in [0.5, 0.6) is 5.75 Å². The zero-order chi connectivity index (χ0) is 21.1. The Kier molecular flexibility index (Phi) is 6.07. The van der Waals surface area contributed by atoms with Crippen LogP contribution in [0.4, 0.5) is 17.3 Å². The number of amides is 1. The second-order valence-corrected chi connectivity index (χ2v) is 8.35. The average Bonchev–Trinajstić information content (AvgIpc) is 3.51. The Bertz CT molecular complexity index is 939. The van der Waals surface area contributed by atoms with E-state index in [-0.39, 0.29) is 23.1 Å². The minimum atomic E-state index is -0.505. The highest BCUT2D eigenvalue weighted by Gasteiger charge is 2.32. The van der Waals surface area contributed by atoms with Gasteiger partial charge in [-0.2, -0.15) is 0 Å². The van der Waals surface area contributed by atoms with Crippen molar-refractivity contribution >= 4 is 35.0 Å². The van der Waals surface area contributed by atoms with Crippen LogP contribution < -0.4 is 15.0 Å². The molecule has 11 heteroatoms. The molecule has 0 unspecified atom stereocenters. The number of carbonyl (C=O) groups excluding carboxylic acids is 1. The number of nitrogens with zero attached hydrogens (tertiary/aromatic N) is 5. The van der Waals surface area contributed by atoms with Crippen LogP contribution in [-0.4, -0.2) is 51.5 Å². The number of nitro groups is 1. The predicted octanol–water partition coefficient (Wildman–Crippen LogP) is 3.25. The van der Waals surface area contributed by atoms with Crippen LogP contribution in [0.3, 0.4) is 0 Å². The third-order valence-corrected chi connectivity index (χ3v) is 6.14. The van der Waals surface area contributed by atoms with Gasteiger partial charge >= 0.3 is 0 Å². The summed E-state index contributed by atoms with van der Waals surface area (Å²) in [6.07, 6.45) is 5.80. The molecule has 0 radical (unpaired) electrons. The van der Waals surface area contributed by atoms with Gasteiger partial charge in [-0.1, -0.05) is 11.8 Å². The molecule has 2 aromatic rings. The second-order valence-electron chi connectivity index (χ2n) is 7.41. The standard InChI is InChI=1S/C19H24N6O4S/c1-29-16-11-14(25(27)28)7-8-15(16)20-17(26)12-30-19-22-21-18(24(19)13-5-6-13)23-9-3-2-4-10-23/h7-8,11,13H,2-6,9-10,12H2,1H3,(H,20,26). The molecule has 0 spiro atoms. The van der Waals surface area contributed by atoms with E-state index in [9.17, 15) is 14.9 Å². The van der Waals surface area contributed by atoms with Crippen molar-refractivity contribution in [2.45, 2.75) is 43.3 Å². The number of hydrogen-bond donors (Lipinski definition) is 1. The van der Waals surface area contributed by atoms with Crippen molar-refractivity contribution < 1.29 is 14.5 Å². The Morgan fingerprint density at radius 2 is 2.07 bits per heavy atom. The van der Waals surface area contributed by atoms with Gasteiger partial charge in [0.05, 0.1) is 29.5 Å². The molecular formula is C19H24N6O4S. The number of aromatic nitrogens is 3. The normalized spacial score (nSPS) is 16.4. The molecule has 1 saturated carbocycles. The minimum Gasteiger partial charge on any atom is -0.494 e. The lowest BCUT2D eigenvalue weighted by Crippen LogP contribution is -2.32. The van der Waals surface area contributed by atoms with E-state index < -0.39 is 4.92 Å². The molecule has 1 aromatic heterocycles. The molecule has 1 N–H and O–H groups in total. The minimum absolute atomic E-state index is 0.0954. The van der Waals surface area contributed by atoms with E-state index in [1.54, 1.807) is 0 Å². The van der Waals surface area contributed by atoms with Gasteiger partial charge in [-0.25, -0.2) is 0 Å². The first kappa shape index (κ1) is 20.5. The Morgan fingerprint density at radius 3 is 2.73 bits per heavy atom. The maximum Gasteiger partial charge on any atom is 0.273 e. The number of benzene rings is 1. The summed E-state index contributed by atoms with van der Waals surface area (Å²) in [5.41, 5.74) is 0.299. The molecule has 4 rings (SSSR count). The summed E-state index contributed by atoms with van der Waals surface area (Å²) in [4.78, 5) is 25.2. The molecular weight excluding hydrogens is 408 g/mol. The van der Waals surface area contributed by atoms with Crippen LogP contribution in [0.25, 0.3) is 0 Å². The summed E-state index contributed by atoms with van der Waals surface area (Å²) in [5.74, 6) is 1.08. The van der Waals surface area contributed by atoms with Gasteiger partial charge in [0.25, 0.3) is 5.69 Å². The van der Waals surface area contributed by atoms with Crippen LogP contribution >= 0.6 is 11.8 Å². The van der Waals surface area contributed by atoms with Crippen LogP contribution in [-0.2, 0) is 4.79 Å². The number of anilines is 2. The van der Waals surface area contributed by atoms with Crippen molar-refractivity contribution in [3.63, 3.8) is 0 Å². The Labute approximate surface area is 178 Å². The van der Waals surface area contributed by atoms with Gasteiger partial charge in [-0.05, 0) is 38.2 Å². The third kappa shape index (κ3) is 4.50. The van der Waals surface area contributed by atoms with E-state index in [0.717, 1.165) is 37.0 Å². The average molecular weight is 433 g/mol. The number of carbonyl (C=O) groups is 1. The topological polar surface area (TPSA) is 115 Å². The smallest absolute Gasteiger partial charge is 0.273 e. The fourth-order valence-electron chi connectivity index (χ4n) is 3.54. The third-order valence-electron chi connectivity index (χ3n) is 5.20. The van der Waals surface area contributed by atoms with Gasteiger partial charge in [-0.15, -0.1) is 10.2 Å². The van der Waals surface area contributed by atoms with Crippen LogP contribution in [0, 0.1) is 10.1 Å². The number of rotatable bonds is 8. The highest BCUT2D eigenvalue weighted by Crippen LogP contribution is 2.41. The van der Waals surface area contributed by atoms with Crippen LogP contribution in [0.1, 0.15) is 38.1 Å². The molecule has 0 atom stereocenters. The van der Waals surface area contributed by atoms with Crippen molar-refractivity contribution in [3.8, 4) is 5.75 Å². The largest absolute Gasteiger partial charge is 0.494 e. The quantitative estimate of drug-likeness (QED) is 0.384. The first-order valence-corrected chi connectivity index (χ1v) is 11.0. The lowest BCUT2D eigenvalue weighted by molar-refractivity contribution is -0.384. The fourth-order valence-corrected chi connectivity index (χ4v) is 4.34. The molecule has 10 nitrogen and oxygen atoms in total. The molecule has 1 aliphatic carbocycles. The van der Waals surface area contributed by atoms with E-state index in [2.05, 4.69) is 25.0 Å². The van der Waals surface area contributed by atoms with Gasteiger partial charge in [-0.3, -0.25) is 19.5 Å². The highest BCUT2D eigenvalue weighted by molar-refractivity contribution is 7.99. The second kappa shape index (κ2) is 8.90. The van der Waals surface area contributed by atoms with E-state index in [1.165, 1.54) is 56.3 Å². The summed E-state index contributed by atoms with van der Waals surface area (Å²) < 4.78 is 7.35. The maximum atomic E-state index is 12.5. The molecule has 0 bridgehead atoms. The molecule has 2 aliphatic rings. The summed E-state index contributed by atoms with van der Waals surface area (Å²) in [5, 5.41) is 23.2. The fraction of sp³-hybridized carbons (Fsp3) is 0.526. The van der Waals surface area contributed by atoms with Crippen molar-refractivity contribution in [1.82, 2.24) is 14.8 Å². The summed E-state index contributed by atoms with van der Waals surface area (Å²) in [7, 11) is 1.41. The van der Waals surface area contributed by atoms with E-state index in [0.29, 0.717) is 11.7 Å². The molecule has 1 aromatic carbocycles. The summed E-state index contributed by atoms with van der Waals surface area (Å²) in [6.45, 7) is 1.99. The first-order valence-electron chi connectivity index (χ1n) is 10.0. The van der Waals surface area contributed by atoms with E-state index in [4.69, 9.17) is 4.74 Å². The first-order chi connectivity index (χ1) is 14.6. The zero-order valence-corrected chi connectivity index (χ0v) is 17.6. The van der Waals surface area contributed by atoms with Crippen LogP contribution in [0.2, 0.25) is 0 Å². The molecule has 160 valence electrons. The lowest BCUT2D eigenvalue weighted by atomic mass is 10.1. The predicted molar refractivity (Wildman–Crippen MR) is 113 cm³/mol. The molecule has 2 fully saturated rings. The Balaban J connectivity index is 1.42. The van der Waals surface area contributed by atoms with Gasteiger partial charge in [0, 0.05) is 25.2 Å². The number of piperidine rings is 1. The molecule has 1 aliphatic heterocycles. The number of ether oxygens (including phenoxy) is 1. The Morgan fingerprint density at radius 1 is 1.30 bits per heavy atom. The number of hydrogen-bond acceptors (Lipinski definition) is 8.